The average molecular weight is 408 g/mol. The Labute approximate surface area is 168 Å². The van der Waals surface area contributed by atoms with E-state index < -0.39 is 24.6 Å². The van der Waals surface area contributed by atoms with Gasteiger partial charge in [-0.2, -0.15) is 0 Å². The summed E-state index contributed by atoms with van der Waals surface area (Å²) in [5.74, 6) is -1.48. The molecule has 1 atom stereocenters. The van der Waals surface area contributed by atoms with Crippen molar-refractivity contribution in [3.05, 3.63) is 23.3 Å². The van der Waals surface area contributed by atoms with Gasteiger partial charge in [-0.05, 0) is 31.3 Å². The normalized spacial score (nSPS) is 18.8. The zero-order valence-corrected chi connectivity index (χ0v) is 16.2. The van der Waals surface area contributed by atoms with Crippen molar-refractivity contribution in [2.24, 2.45) is 5.73 Å². The number of esters is 1. The number of aryl methyl sites for hydroxylation is 1. The van der Waals surface area contributed by atoms with E-state index in [0.29, 0.717) is 25.8 Å². The minimum Gasteiger partial charge on any atom is -0.535 e. The summed E-state index contributed by atoms with van der Waals surface area (Å²) in [4.78, 5) is 25.6. The fraction of sp³-hybridized carbons (Fsp3) is 0.556. The number of carboxylic acids is 1. The summed E-state index contributed by atoms with van der Waals surface area (Å²) < 4.78 is 16.1. The lowest BCUT2D eigenvalue weighted by atomic mass is 9.78. The number of aromatic carboxylic acids is 1. The molecule has 0 saturated carbocycles. The molecule has 11 heteroatoms. The maximum absolute atomic E-state index is 11.9. The molecule has 10 nitrogen and oxygen atoms in total. The van der Waals surface area contributed by atoms with Crippen LogP contribution in [0.3, 0.4) is 0 Å². The standard InChI is InChI=1S/C18H25BN2O8/c1-18(20,17(25)27-7-6-22)10-21-8-12(9-21)28-13-3-2-11-4-5-19(26)29-15(11)14(13)16(23)24/h2-3,12,22,26H,4-10,20H2,1H3,(H,23,24)/t18-/m1/s1. The van der Waals surface area contributed by atoms with Gasteiger partial charge < -0.3 is 35.1 Å². The number of nitrogens with zero attached hydrogens (tertiary/aromatic N) is 1. The van der Waals surface area contributed by atoms with E-state index >= 15 is 0 Å². The number of ether oxygens (including phenoxy) is 2. The first kappa shape index (κ1) is 21.4. The molecule has 0 amide bonds. The molecule has 0 radical (unpaired) electrons. The van der Waals surface area contributed by atoms with Gasteiger partial charge in [0.15, 0.2) is 0 Å². The Balaban J connectivity index is 1.61. The highest BCUT2D eigenvalue weighted by atomic mass is 16.5. The van der Waals surface area contributed by atoms with E-state index in [1.165, 1.54) is 0 Å². The summed E-state index contributed by atoms with van der Waals surface area (Å²) in [6.07, 6.45) is 0.655. The Morgan fingerprint density at radius 2 is 2.14 bits per heavy atom. The van der Waals surface area contributed by atoms with Crippen molar-refractivity contribution in [3.63, 3.8) is 0 Å². The third-order valence-corrected chi connectivity index (χ3v) is 4.89. The first-order valence-electron chi connectivity index (χ1n) is 9.41. The molecule has 3 rings (SSSR count). The number of fused-ring (bicyclic) bond motifs is 1. The molecule has 1 fully saturated rings. The van der Waals surface area contributed by atoms with Crippen LogP contribution in [0.5, 0.6) is 11.5 Å². The molecule has 0 aliphatic carbocycles. The second kappa shape index (κ2) is 8.58. The minimum atomic E-state index is -1.23. The summed E-state index contributed by atoms with van der Waals surface area (Å²) >= 11 is 0. The number of aliphatic hydroxyl groups excluding tert-OH is 1. The summed E-state index contributed by atoms with van der Waals surface area (Å²) in [6.45, 7) is 2.33. The second-order valence-electron chi connectivity index (χ2n) is 7.55. The molecule has 29 heavy (non-hydrogen) atoms. The van der Waals surface area contributed by atoms with Gasteiger partial charge in [-0.25, -0.2) is 4.79 Å². The molecule has 0 aromatic heterocycles. The van der Waals surface area contributed by atoms with Crippen LogP contribution in [0, 0.1) is 0 Å². The molecule has 0 spiro atoms. The van der Waals surface area contributed by atoms with Crippen LogP contribution in [0.2, 0.25) is 6.32 Å². The van der Waals surface area contributed by atoms with Crippen molar-refractivity contribution in [1.82, 2.24) is 4.90 Å². The van der Waals surface area contributed by atoms with Crippen LogP contribution >= 0.6 is 0 Å². The topological polar surface area (TPSA) is 152 Å². The predicted octanol–water partition coefficient (Wildman–Crippen LogP) is -0.884. The monoisotopic (exact) mass is 408 g/mol. The van der Waals surface area contributed by atoms with E-state index in [1.54, 1.807) is 19.1 Å². The fourth-order valence-electron chi connectivity index (χ4n) is 3.45. The van der Waals surface area contributed by atoms with Gasteiger partial charge in [-0.3, -0.25) is 9.69 Å². The number of likely N-dealkylation sites (tertiary alicyclic amines) is 1. The van der Waals surface area contributed by atoms with Gasteiger partial charge in [0.1, 0.15) is 35.3 Å². The Hall–Kier alpha value is -2.34. The molecular weight excluding hydrogens is 383 g/mol. The number of carbonyl (C=O) groups is 2. The largest absolute Gasteiger partial charge is 0.535 e. The zero-order valence-electron chi connectivity index (χ0n) is 16.2. The van der Waals surface area contributed by atoms with Gasteiger partial charge in [0.2, 0.25) is 0 Å². The lowest BCUT2D eigenvalue weighted by molar-refractivity contribution is -0.152. The summed E-state index contributed by atoms with van der Waals surface area (Å²) in [5, 5.41) is 28.1. The number of rotatable bonds is 8. The molecule has 1 aromatic carbocycles. The van der Waals surface area contributed by atoms with Crippen LogP contribution in [-0.4, -0.2) is 83.7 Å². The second-order valence-corrected chi connectivity index (χ2v) is 7.55. The number of hydrogen-bond donors (Lipinski definition) is 4. The Morgan fingerprint density at radius 3 is 2.79 bits per heavy atom. The molecule has 1 saturated heterocycles. The molecule has 2 heterocycles. The third kappa shape index (κ3) is 4.81. The smallest absolute Gasteiger partial charge is 0.522 e. The van der Waals surface area contributed by atoms with Crippen LogP contribution in [0.15, 0.2) is 12.1 Å². The number of aliphatic hydroxyl groups is 1. The van der Waals surface area contributed by atoms with Gasteiger partial charge in [-0.15, -0.1) is 0 Å². The maximum Gasteiger partial charge on any atom is 0.522 e. The lowest BCUT2D eigenvalue weighted by Crippen LogP contribution is -2.62. The minimum absolute atomic E-state index is 0.101. The van der Waals surface area contributed by atoms with Crippen LogP contribution in [0.4, 0.5) is 0 Å². The highest BCUT2D eigenvalue weighted by Crippen LogP contribution is 2.37. The Bertz CT molecular complexity index is 781. The number of carbonyl (C=O) groups excluding carboxylic acids is 1. The van der Waals surface area contributed by atoms with E-state index in [4.69, 9.17) is 25.0 Å². The number of carboxylic acid groups (broad SMARTS) is 1. The highest BCUT2D eigenvalue weighted by molar-refractivity contribution is 6.44. The van der Waals surface area contributed by atoms with Gasteiger partial charge in [0, 0.05) is 19.6 Å². The molecule has 2 aliphatic heterocycles. The fourth-order valence-corrected chi connectivity index (χ4v) is 3.45. The molecule has 0 unspecified atom stereocenters. The van der Waals surface area contributed by atoms with Crippen molar-refractivity contribution >= 4 is 19.1 Å². The van der Waals surface area contributed by atoms with Gasteiger partial charge in [0.05, 0.1) is 6.61 Å². The molecule has 1 aromatic rings. The molecule has 5 N–H and O–H groups in total. The molecule has 0 bridgehead atoms. The average Bonchev–Trinajstić information content (AvgIpc) is 2.63. The third-order valence-electron chi connectivity index (χ3n) is 4.89. The highest BCUT2D eigenvalue weighted by Gasteiger charge is 2.39. The van der Waals surface area contributed by atoms with Crippen LogP contribution < -0.4 is 15.1 Å². The van der Waals surface area contributed by atoms with Crippen molar-refractivity contribution in [1.29, 1.82) is 0 Å². The SMILES string of the molecule is C[C@@](N)(CN1CC(Oc2ccc3c(c2C(=O)O)OB(O)CC3)C1)C(=O)OCCO. The van der Waals surface area contributed by atoms with E-state index in [0.717, 1.165) is 5.56 Å². The maximum atomic E-state index is 11.9. The van der Waals surface area contributed by atoms with Crippen LogP contribution in [0.25, 0.3) is 0 Å². The molecular formula is C18H25BN2O8. The first-order chi connectivity index (χ1) is 13.7. The lowest BCUT2D eigenvalue weighted by Gasteiger charge is -2.42. The Kier molecular flexibility index (Phi) is 6.32. The van der Waals surface area contributed by atoms with Gasteiger partial charge in [-0.1, -0.05) is 6.07 Å². The Morgan fingerprint density at radius 1 is 1.41 bits per heavy atom. The quantitative estimate of drug-likeness (QED) is 0.315. The van der Waals surface area contributed by atoms with Gasteiger partial charge >= 0.3 is 19.1 Å². The number of nitrogens with two attached hydrogens (primary N) is 1. The van der Waals surface area contributed by atoms with Crippen molar-refractivity contribution in [2.45, 2.75) is 31.3 Å². The van der Waals surface area contributed by atoms with Crippen molar-refractivity contribution in [3.8, 4) is 11.5 Å². The number of benzene rings is 1. The van der Waals surface area contributed by atoms with Crippen molar-refractivity contribution < 1.29 is 39.0 Å². The van der Waals surface area contributed by atoms with Crippen LogP contribution in [0.1, 0.15) is 22.8 Å². The summed E-state index contributed by atoms with van der Waals surface area (Å²) in [6, 6.07) is 3.35. The summed E-state index contributed by atoms with van der Waals surface area (Å²) in [5.41, 5.74) is 5.39. The van der Waals surface area contributed by atoms with Gasteiger partial charge in [0.25, 0.3) is 0 Å². The first-order valence-corrected chi connectivity index (χ1v) is 9.41. The van der Waals surface area contributed by atoms with E-state index in [-0.39, 0.29) is 42.9 Å². The molecule has 2 aliphatic rings. The van der Waals surface area contributed by atoms with E-state index in [2.05, 4.69) is 0 Å². The zero-order chi connectivity index (χ0) is 21.2. The summed E-state index contributed by atoms with van der Waals surface area (Å²) in [7, 11) is -1.04. The van der Waals surface area contributed by atoms with E-state index in [1.807, 2.05) is 4.90 Å². The van der Waals surface area contributed by atoms with Crippen LogP contribution in [-0.2, 0) is 16.0 Å². The predicted molar refractivity (Wildman–Crippen MR) is 102 cm³/mol. The number of hydrogen-bond acceptors (Lipinski definition) is 9. The van der Waals surface area contributed by atoms with E-state index in [9.17, 15) is 19.7 Å². The molecule has 158 valence electrons. The van der Waals surface area contributed by atoms with Crippen molar-refractivity contribution in [2.75, 3.05) is 32.8 Å².